The van der Waals surface area contributed by atoms with Crippen LogP contribution in [-0.2, 0) is 13.1 Å². The summed E-state index contributed by atoms with van der Waals surface area (Å²) >= 11 is 3.46. The lowest BCUT2D eigenvalue weighted by Crippen LogP contribution is -2.34. The third-order valence-corrected chi connectivity index (χ3v) is 3.58. The van der Waals surface area contributed by atoms with Crippen LogP contribution in [-0.4, -0.2) is 21.4 Å². The Morgan fingerprint density at radius 1 is 1.29 bits per heavy atom. The van der Waals surface area contributed by atoms with E-state index in [1.807, 2.05) is 23.1 Å². The van der Waals surface area contributed by atoms with Crippen LogP contribution in [0.5, 0.6) is 0 Å². The van der Waals surface area contributed by atoms with Crippen LogP contribution in [0.2, 0.25) is 0 Å². The average molecular weight is 350 g/mol. The van der Waals surface area contributed by atoms with Gasteiger partial charge in [0.05, 0.1) is 0 Å². The van der Waals surface area contributed by atoms with Gasteiger partial charge in [-0.3, -0.25) is 4.79 Å². The lowest BCUT2D eigenvalue weighted by atomic mass is 10.2. The summed E-state index contributed by atoms with van der Waals surface area (Å²) in [6.45, 7) is 4.21. The first kappa shape index (κ1) is 15.8. The summed E-state index contributed by atoms with van der Waals surface area (Å²) in [5.41, 5.74) is 1.15. The third-order valence-electron chi connectivity index (χ3n) is 3.23. The molecule has 0 amide bonds. The van der Waals surface area contributed by atoms with Crippen LogP contribution in [0.15, 0.2) is 47.5 Å². The van der Waals surface area contributed by atoms with Crippen molar-refractivity contribution < 1.29 is 0 Å². The highest BCUT2D eigenvalue weighted by molar-refractivity contribution is 9.09. The van der Waals surface area contributed by atoms with Crippen LogP contribution in [0.25, 0.3) is 0 Å². The highest BCUT2D eigenvalue weighted by Gasteiger charge is 2.13. The molecule has 0 unspecified atom stereocenters. The van der Waals surface area contributed by atoms with Gasteiger partial charge in [-0.25, -0.2) is 4.98 Å². The molecule has 0 saturated heterocycles. The Morgan fingerprint density at radius 3 is 2.71 bits per heavy atom. The van der Waals surface area contributed by atoms with Gasteiger partial charge >= 0.3 is 0 Å². The Hall–Kier alpha value is -1.62. The van der Waals surface area contributed by atoms with Crippen molar-refractivity contribution in [1.82, 2.24) is 9.55 Å². The van der Waals surface area contributed by atoms with Crippen LogP contribution >= 0.6 is 15.9 Å². The molecule has 0 saturated carbocycles. The minimum absolute atomic E-state index is 0.0174. The molecule has 0 aliphatic heterocycles. The molecule has 0 radical (unpaired) electrons. The normalized spacial score (nSPS) is 10.6. The maximum Gasteiger partial charge on any atom is 0.293 e. The fourth-order valence-electron chi connectivity index (χ4n) is 2.24. The molecule has 0 N–H and O–H groups in total. The van der Waals surface area contributed by atoms with E-state index in [1.54, 1.807) is 17.0 Å². The Bertz CT molecular complexity index is 612. The van der Waals surface area contributed by atoms with Gasteiger partial charge < -0.3 is 9.47 Å². The number of alkyl halides is 1. The fraction of sp³-hybridized carbons (Fsp3) is 0.375. The number of hydrogen-bond acceptors (Lipinski definition) is 3. The minimum atomic E-state index is -0.0174. The smallest absolute Gasteiger partial charge is 0.293 e. The quantitative estimate of drug-likeness (QED) is 0.721. The highest BCUT2D eigenvalue weighted by atomic mass is 79.9. The predicted octanol–water partition coefficient (Wildman–Crippen LogP) is 3.05. The Balaban J connectivity index is 2.30. The van der Waals surface area contributed by atoms with Gasteiger partial charge in [0, 0.05) is 37.4 Å². The van der Waals surface area contributed by atoms with Crippen molar-refractivity contribution in [2.45, 2.75) is 26.4 Å². The second-order valence-corrected chi connectivity index (χ2v) is 5.64. The molecular formula is C16H20BrN3O. The maximum atomic E-state index is 12.5. The molecule has 0 spiro atoms. The van der Waals surface area contributed by atoms with E-state index in [0.29, 0.717) is 12.4 Å². The summed E-state index contributed by atoms with van der Waals surface area (Å²) in [6, 6.07) is 10.1. The largest absolute Gasteiger partial charge is 0.347 e. The van der Waals surface area contributed by atoms with Crippen molar-refractivity contribution in [2.75, 3.05) is 16.8 Å². The SMILES string of the molecule is CCCn1ccnc(N(CCBr)Cc2ccccc2)c1=O. The van der Waals surface area contributed by atoms with E-state index in [-0.39, 0.29) is 5.56 Å². The lowest BCUT2D eigenvalue weighted by Gasteiger charge is -2.22. The second-order valence-electron chi connectivity index (χ2n) is 4.85. The molecule has 1 heterocycles. The summed E-state index contributed by atoms with van der Waals surface area (Å²) in [5, 5.41) is 0.795. The molecular weight excluding hydrogens is 330 g/mol. The second kappa shape index (κ2) is 7.98. The van der Waals surface area contributed by atoms with E-state index in [4.69, 9.17) is 0 Å². The van der Waals surface area contributed by atoms with Gasteiger partial charge in [0.25, 0.3) is 5.56 Å². The maximum absolute atomic E-state index is 12.5. The topological polar surface area (TPSA) is 38.1 Å². The van der Waals surface area contributed by atoms with Gasteiger partial charge in [0.1, 0.15) is 0 Å². The number of nitrogens with zero attached hydrogens (tertiary/aromatic N) is 3. The molecule has 21 heavy (non-hydrogen) atoms. The van der Waals surface area contributed by atoms with Crippen molar-refractivity contribution in [2.24, 2.45) is 0 Å². The monoisotopic (exact) mass is 349 g/mol. The van der Waals surface area contributed by atoms with Crippen molar-refractivity contribution in [3.8, 4) is 0 Å². The van der Waals surface area contributed by atoms with Gasteiger partial charge in [-0.05, 0) is 12.0 Å². The third kappa shape index (κ3) is 4.17. The van der Waals surface area contributed by atoms with Gasteiger partial charge in [0.2, 0.25) is 0 Å². The molecule has 2 aromatic rings. The minimum Gasteiger partial charge on any atom is -0.347 e. The molecule has 1 aromatic carbocycles. The molecule has 0 aliphatic rings. The zero-order valence-corrected chi connectivity index (χ0v) is 13.8. The molecule has 112 valence electrons. The van der Waals surface area contributed by atoms with Gasteiger partial charge in [-0.15, -0.1) is 0 Å². The van der Waals surface area contributed by atoms with Crippen molar-refractivity contribution in [3.05, 3.63) is 58.6 Å². The van der Waals surface area contributed by atoms with Gasteiger partial charge in [-0.1, -0.05) is 53.2 Å². The Labute approximate surface area is 133 Å². The van der Waals surface area contributed by atoms with Crippen molar-refractivity contribution in [3.63, 3.8) is 0 Å². The summed E-state index contributed by atoms with van der Waals surface area (Å²) < 4.78 is 1.73. The number of halogens is 1. The molecule has 0 atom stereocenters. The predicted molar refractivity (Wildman–Crippen MR) is 90.1 cm³/mol. The first-order valence-corrected chi connectivity index (χ1v) is 8.28. The standard InChI is InChI=1S/C16H20BrN3O/c1-2-10-19-12-9-18-15(16(19)21)20(11-8-17)13-14-6-4-3-5-7-14/h3-7,9,12H,2,8,10-11,13H2,1H3. The zero-order valence-electron chi connectivity index (χ0n) is 12.2. The van der Waals surface area contributed by atoms with Crippen LogP contribution in [0.1, 0.15) is 18.9 Å². The first-order valence-electron chi connectivity index (χ1n) is 7.16. The first-order chi connectivity index (χ1) is 10.3. The van der Waals surface area contributed by atoms with Crippen molar-refractivity contribution in [1.29, 1.82) is 0 Å². The van der Waals surface area contributed by atoms with E-state index in [1.165, 1.54) is 5.56 Å². The number of anilines is 1. The fourth-order valence-corrected chi connectivity index (χ4v) is 2.66. The number of aryl methyl sites for hydroxylation is 1. The van der Waals surface area contributed by atoms with Gasteiger partial charge in [-0.2, -0.15) is 0 Å². The zero-order chi connectivity index (χ0) is 15.1. The molecule has 0 aliphatic carbocycles. The Kier molecular flexibility index (Phi) is 5.99. The average Bonchev–Trinajstić information content (AvgIpc) is 2.50. The molecule has 5 heteroatoms. The number of hydrogen-bond donors (Lipinski definition) is 0. The Morgan fingerprint density at radius 2 is 2.05 bits per heavy atom. The summed E-state index contributed by atoms with van der Waals surface area (Å²) in [6.07, 6.45) is 4.39. The van der Waals surface area contributed by atoms with E-state index in [0.717, 1.165) is 24.8 Å². The van der Waals surface area contributed by atoms with E-state index < -0.39 is 0 Å². The molecule has 2 rings (SSSR count). The highest BCUT2D eigenvalue weighted by Crippen LogP contribution is 2.11. The van der Waals surface area contributed by atoms with Crippen LogP contribution < -0.4 is 10.5 Å². The molecule has 0 bridgehead atoms. The molecule has 4 nitrogen and oxygen atoms in total. The van der Waals surface area contributed by atoms with Gasteiger partial charge in [0.15, 0.2) is 5.82 Å². The summed E-state index contributed by atoms with van der Waals surface area (Å²) in [5.74, 6) is 0.522. The van der Waals surface area contributed by atoms with Crippen LogP contribution in [0.3, 0.4) is 0 Å². The van der Waals surface area contributed by atoms with E-state index in [2.05, 4.69) is 40.0 Å². The summed E-state index contributed by atoms with van der Waals surface area (Å²) in [4.78, 5) is 18.8. The number of aromatic nitrogens is 2. The molecule has 0 fully saturated rings. The van der Waals surface area contributed by atoms with Crippen LogP contribution in [0, 0.1) is 0 Å². The van der Waals surface area contributed by atoms with E-state index in [9.17, 15) is 4.79 Å². The van der Waals surface area contributed by atoms with E-state index >= 15 is 0 Å². The lowest BCUT2D eigenvalue weighted by molar-refractivity contribution is 0.641. The van der Waals surface area contributed by atoms with Crippen molar-refractivity contribution >= 4 is 21.7 Å². The number of rotatable bonds is 7. The number of benzene rings is 1. The molecule has 1 aromatic heterocycles. The summed E-state index contributed by atoms with van der Waals surface area (Å²) in [7, 11) is 0. The van der Waals surface area contributed by atoms with Crippen LogP contribution in [0.4, 0.5) is 5.82 Å².